The van der Waals surface area contributed by atoms with E-state index in [1.165, 1.54) is 29.3 Å². The number of hydrogen-bond donors (Lipinski definition) is 0. The molecule has 2 aromatic rings. The van der Waals surface area contributed by atoms with Gasteiger partial charge in [-0.3, -0.25) is 0 Å². The van der Waals surface area contributed by atoms with Crippen LogP contribution in [0.25, 0.3) is 0 Å². The van der Waals surface area contributed by atoms with Crippen LogP contribution in [-0.4, -0.2) is 18.1 Å². The summed E-state index contributed by atoms with van der Waals surface area (Å²) in [6.45, 7) is 0. The molecule has 1 unspecified atom stereocenters. The maximum atomic E-state index is 12.2. The van der Waals surface area contributed by atoms with Gasteiger partial charge >= 0.3 is 6.36 Å². The first-order valence-corrected chi connectivity index (χ1v) is 7.61. The molecule has 0 aliphatic carbocycles. The molecular weight excluding hydrogens is 355 g/mol. The first kappa shape index (κ1) is 17.1. The van der Waals surface area contributed by atoms with E-state index in [-0.39, 0.29) is 5.75 Å². The first-order chi connectivity index (χ1) is 11.9. The molecule has 0 fully saturated rings. The number of benzene rings is 2. The predicted octanol–water partition coefficient (Wildman–Crippen LogP) is 4.75. The second-order valence-corrected chi connectivity index (χ2v) is 5.73. The number of hydrogen-bond acceptors (Lipinski definition) is 4. The molecule has 0 bridgehead atoms. The standard InChI is InChI=1S/C17H11ClF3N3O/c18-12-3-1-11(2-4-12)16-9-14(10-22)24(23-16)13-5-7-15(8-6-13)25-17(19,20)21/h1-8,14H,9H2. The largest absolute Gasteiger partial charge is 0.573 e. The van der Waals surface area contributed by atoms with Gasteiger partial charge in [-0.05, 0) is 42.0 Å². The predicted molar refractivity (Wildman–Crippen MR) is 87.6 cm³/mol. The van der Waals surface area contributed by atoms with Gasteiger partial charge in [-0.2, -0.15) is 10.4 Å². The Hall–Kier alpha value is -2.72. The third-order valence-electron chi connectivity index (χ3n) is 3.57. The Bertz CT molecular complexity index is 826. The second kappa shape index (κ2) is 6.65. The number of anilines is 1. The van der Waals surface area contributed by atoms with Gasteiger partial charge in [-0.1, -0.05) is 23.7 Å². The van der Waals surface area contributed by atoms with Crippen LogP contribution in [0.4, 0.5) is 18.9 Å². The zero-order valence-electron chi connectivity index (χ0n) is 12.7. The summed E-state index contributed by atoms with van der Waals surface area (Å²) in [6.07, 6.45) is -4.34. The van der Waals surface area contributed by atoms with Gasteiger partial charge in [-0.15, -0.1) is 13.2 Å². The molecule has 2 aromatic carbocycles. The summed E-state index contributed by atoms with van der Waals surface area (Å²) < 4.78 is 40.5. The van der Waals surface area contributed by atoms with Crippen molar-refractivity contribution in [1.29, 1.82) is 5.26 Å². The summed E-state index contributed by atoms with van der Waals surface area (Å²) in [5.74, 6) is -0.328. The van der Waals surface area contributed by atoms with Crippen molar-refractivity contribution in [2.45, 2.75) is 18.8 Å². The minimum absolute atomic E-state index is 0.328. The maximum Gasteiger partial charge on any atom is 0.573 e. The van der Waals surface area contributed by atoms with Crippen molar-refractivity contribution in [1.82, 2.24) is 0 Å². The second-order valence-electron chi connectivity index (χ2n) is 5.29. The average molecular weight is 366 g/mol. The van der Waals surface area contributed by atoms with Crippen LogP contribution in [0.3, 0.4) is 0 Å². The molecule has 8 heteroatoms. The Morgan fingerprint density at radius 2 is 1.76 bits per heavy atom. The van der Waals surface area contributed by atoms with Crippen molar-refractivity contribution in [3.05, 3.63) is 59.1 Å². The van der Waals surface area contributed by atoms with Gasteiger partial charge in [0.1, 0.15) is 11.8 Å². The van der Waals surface area contributed by atoms with Crippen molar-refractivity contribution in [3.8, 4) is 11.8 Å². The fraction of sp³-hybridized carbons (Fsp3) is 0.176. The van der Waals surface area contributed by atoms with Gasteiger partial charge in [0.15, 0.2) is 0 Å². The van der Waals surface area contributed by atoms with E-state index in [1.54, 1.807) is 24.3 Å². The highest BCUT2D eigenvalue weighted by Crippen LogP contribution is 2.30. The molecule has 25 heavy (non-hydrogen) atoms. The lowest BCUT2D eigenvalue weighted by Crippen LogP contribution is -2.24. The van der Waals surface area contributed by atoms with E-state index in [4.69, 9.17) is 11.6 Å². The van der Waals surface area contributed by atoms with Crippen LogP contribution in [-0.2, 0) is 0 Å². The number of halogens is 4. The molecule has 3 rings (SSSR count). The molecule has 0 spiro atoms. The quantitative estimate of drug-likeness (QED) is 0.789. The number of nitrogens with zero attached hydrogens (tertiary/aromatic N) is 3. The number of nitriles is 1. The van der Waals surface area contributed by atoms with Gasteiger partial charge in [0, 0.05) is 11.4 Å². The molecule has 0 radical (unpaired) electrons. The lowest BCUT2D eigenvalue weighted by atomic mass is 10.0. The summed E-state index contributed by atoms with van der Waals surface area (Å²) in [5.41, 5.74) is 2.05. The molecule has 1 heterocycles. The topological polar surface area (TPSA) is 48.6 Å². The third-order valence-corrected chi connectivity index (χ3v) is 3.82. The molecule has 0 saturated heterocycles. The van der Waals surface area contributed by atoms with Gasteiger partial charge in [0.25, 0.3) is 0 Å². The van der Waals surface area contributed by atoms with Crippen LogP contribution in [0.15, 0.2) is 53.6 Å². The van der Waals surface area contributed by atoms with E-state index in [9.17, 15) is 18.4 Å². The monoisotopic (exact) mass is 365 g/mol. The van der Waals surface area contributed by atoms with E-state index >= 15 is 0 Å². The van der Waals surface area contributed by atoms with Crippen LogP contribution in [0, 0.1) is 11.3 Å². The lowest BCUT2D eigenvalue weighted by molar-refractivity contribution is -0.274. The molecule has 1 atom stereocenters. The Balaban J connectivity index is 1.84. The Morgan fingerprint density at radius 3 is 2.32 bits per heavy atom. The normalized spacial score (nSPS) is 17.2. The van der Waals surface area contributed by atoms with E-state index in [2.05, 4.69) is 15.9 Å². The summed E-state index contributed by atoms with van der Waals surface area (Å²) in [6, 6.07) is 13.9. The average Bonchev–Trinajstić information content (AvgIpc) is 2.99. The lowest BCUT2D eigenvalue weighted by Gasteiger charge is -2.18. The molecule has 128 valence electrons. The van der Waals surface area contributed by atoms with Gasteiger partial charge < -0.3 is 4.74 Å². The molecular formula is C17H11ClF3N3O. The van der Waals surface area contributed by atoms with E-state index in [0.29, 0.717) is 22.8 Å². The Labute approximate surface area is 146 Å². The minimum Gasteiger partial charge on any atom is -0.406 e. The van der Waals surface area contributed by atoms with E-state index < -0.39 is 12.4 Å². The Kier molecular flexibility index (Phi) is 4.55. The SMILES string of the molecule is N#CC1CC(c2ccc(Cl)cc2)=NN1c1ccc(OC(F)(F)F)cc1. The summed E-state index contributed by atoms with van der Waals surface area (Å²) in [7, 11) is 0. The van der Waals surface area contributed by atoms with Gasteiger partial charge in [0.2, 0.25) is 0 Å². The smallest absolute Gasteiger partial charge is 0.406 e. The molecule has 4 nitrogen and oxygen atoms in total. The van der Waals surface area contributed by atoms with Crippen LogP contribution >= 0.6 is 11.6 Å². The number of ether oxygens (including phenoxy) is 1. The number of rotatable bonds is 3. The van der Waals surface area contributed by atoms with E-state index in [1.807, 2.05) is 0 Å². The zero-order chi connectivity index (χ0) is 18.0. The molecule has 0 amide bonds. The van der Waals surface area contributed by atoms with Crippen LogP contribution in [0.2, 0.25) is 5.02 Å². The fourth-order valence-electron chi connectivity index (χ4n) is 2.47. The molecule has 0 N–H and O–H groups in total. The third kappa shape index (κ3) is 4.03. The van der Waals surface area contributed by atoms with Crippen molar-refractivity contribution in [3.63, 3.8) is 0 Å². The first-order valence-electron chi connectivity index (χ1n) is 7.24. The fourth-order valence-corrected chi connectivity index (χ4v) is 2.59. The number of hydrazone groups is 1. The van der Waals surface area contributed by atoms with Gasteiger partial charge in [0.05, 0.1) is 17.5 Å². The van der Waals surface area contributed by atoms with Crippen molar-refractivity contribution < 1.29 is 17.9 Å². The van der Waals surface area contributed by atoms with Crippen molar-refractivity contribution >= 4 is 23.0 Å². The van der Waals surface area contributed by atoms with Crippen LogP contribution in [0.5, 0.6) is 5.75 Å². The van der Waals surface area contributed by atoms with E-state index in [0.717, 1.165) is 5.56 Å². The number of alkyl halides is 3. The van der Waals surface area contributed by atoms with Crippen LogP contribution in [0.1, 0.15) is 12.0 Å². The molecule has 0 aromatic heterocycles. The molecule has 1 aliphatic rings. The van der Waals surface area contributed by atoms with Crippen molar-refractivity contribution in [2.75, 3.05) is 5.01 Å². The molecule has 1 aliphatic heterocycles. The van der Waals surface area contributed by atoms with Crippen LogP contribution < -0.4 is 9.75 Å². The molecule has 0 saturated carbocycles. The highest BCUT2D eigenvalue weighted by molar-refractivity contribution is 6.30. The maximum absolute atomic E-state index is 12.2. The highest BCUT2D eigenvalue weighted by atomic mass is 35.5. The minimum atomic E-state index is -4.75. The highest BCUT2D eigenvalue weighted by Gasteiger charge is 2.32. The Morgan fingerprint density at radius 1 is 1.12 bits per heavy atom. The summed E-state index contributed by atoms with van der Waals surface area (Å²) in [4.78, 5) is 0. The summed E-state index contributed by atoms with van der Waals surface area (Å²) >= 11 is 5.86. The van der Waals surface area contributed by atoms with Gasteiger partial charge in [-0.25, -0.2) is 5.01 Å². The zero-order valence-corrected chi connectivity index (χ0v) is 13.4. The van der Waals surface area contributed by atoms with Crippen molar-refractivity contribution in [2.24, 2.45) is 5.10 Å². The summed E-state index contributed by atoms with van der Waals surface area (Å²) in [5, 5.41) is 15.9.